The molecule has 0 aliphatic rings. The molecule has 102 valence electrons. The highest BCUT2D eigenvalue weighted by atomic mass is 16.5. The van der Waals surface area contributed by atoms with Crippen LogP contribution in [0.3, 0.4) is 0 Å². The van der Waals surface area contributed by atoms with E-state index in [9.17, 15) is 4.79 Å². The van der Waals surface area contributed by atoms with E-state index in [0.717, 1.165) is 13.0 Å². The Balaban J connectivity index is 2.78. The van der Waals surface area contributed by atoms with Gasteiger partial charge in [-0.2, -0.15) is 0 Å². The molecule has 4 heteroatoms. The number of rotatable bonds is 7. The van der Waals surface area contributed by atoms with Gasteiger partial charge in [0, 0.05) is 12.7 Å². The van der Waals surface area contributed by atoms with Crippen LogP contribution in [0, 0.1) is 5.92 Å². The van der Waals surface area contributed by atoms with Crippen molar-refractivity contribution in [2.24, 2.45) is 5.92 Å². The van der Waals surface area contributed by atoms with Gasteiger partial charge in [0.15, 0.2) is 0 Å². The van der Waals surface area contributed by atoms with Crippen LogP contribution in [0.25, 0.3) is 0 Å². The Hall–Kier alpha value is -1.45. The molecule has 0 bridgehead atoms. The fourth-order valence-corrected chi connectivity index (χ4v) is 2.15. The lowest BCUT2D eigenvalue weighted by atomic mass is 9.99. The number of unbranched alkanes of at least 4 members (excludes halogenated alkanes) is 1. The maximum Gasteiger partial charge on any atom is 0.354 e. The molecule has 1 aromatic rings. The van der Waals surface area contributed by atoms with Crippen molar-refractivity contribution in [2.45, 2.75) is 46.1 Å². The maximum atomic E-state index is 11.6. The minimum atomic E-state index is -0.322. The molecule has 0 aliphatic heterocycles. The van der Waals surface area contributed by atoms with Gasteiger partial charge in [0.05, 0.1) is 12.8 Å². The highest BCUT2D eigenvalue weighted by Gasteiger charge is 2.16. The van der Waals surface area contributed by atoms with E-state index in [1.807, 2.05) is 10.8 Å². The molecular weight excluding hydrogens is 228 g/mol. The van der Waals surface area contributed by atoms with Crippen molar-refractivity contribution in [1.82, 2.24) is 4.57 Å². The zero-order chi connectivity index (χ0) is 13.5. The second kappa shape index (κ2) is 7.09. The Morgan fingerprint density at radius 2 is 2.22 bits per heavy atom. The van der Waals surface area contributed by atoms with Crippen LogP contribution in [0.1, 0.15) is 50.0 Å². The van der Waals surface area contributed by atoms with Crippen molar-refractivity contribution in [1.29, 1.82) is 0 Å². The van der Waals surface area contributed by atoms with Crippen LogP contribution < -0.4 is 5.73 Å². The third kappa shape index (κ3) is 3.79. The number of hydrogen-bond acceptors (Lipinski definition) is 3. The van der Waals surface area contributed by atoms with Crippen LogP contribution in [-0.2, 0) is 11.3 Å². The molecule has 18 heavy (non-hydrogen) atoms. The first-order chi connectivity index (χ1) is 8.62. The van der Waals surface area contributed by atoms with Gasteiger partial charge in [0.2, 0.25) is 0 Å². The van der Waals surface area contributed by atoms with Gasteiger partial charge in [-0.05, 0) is 18.4 Å². The van der Waals surface area contributed by atoms with Crippen LogP contribution in [0.2, 0.25) is 0 Å². The second-order valence-electron chi connectivity index (χ2n) is 4.72. The van der Waals surface area contributed by atoms with E-state index in [4.69, 9.17) is 10.5 Å². The van der Waals surface area contributed by atoms with Crippen molar-refractivity contribution in [3.05, 3.63) is 18.0 Å². The lowest BCUT2D eigenvalue weighted by molar-refractivity contribution is 0.0587. The van der Waals surface area contributed by atoms with Crippen molar-refractivity contribution < 1.29 is 9.53 Å². The molecule has 0 amide bonds. The van der Waals surface area contributed by atoms with Gasteiger partial charge < -0.3 is 15.0 Å². The van der Waals surface area contributed by atoms with Crippen LogP contribution >= 0.6 is 0 Å². The Kier molecular flexibility index (Phi) is 5.75. The van der Waals surface area contributed by atoms with E-state index in [1.165, 1.54) is 26.4 Å². The summed E-state index contributed by atoms with van der Waals surface area (Å²) in [5, 5.41) is 0. The fourth-order valence-electron chi connectivity index (χ4n) is 2.15. The van der Waals surface area contributed by atoms with Gasteiger partial charge in [0.1, 0.15) is 5.69 Å². The molecule has 4 nitrogen and oxygen atoms in total. The minimum Gasteiger partial charge on any atom is -0.464 e. The zero-order valence-corrected chi connectivity index (χ0v) is 11.6. The van der Waals surface area contributed by atoms with Crippen molar-refractivity contribution in [3.8, 4) is 0 Å². The third-order valence-corrected chi connectivity index (χ3v) is 3.31. The molecule has 0 radical (unpaired) electrons. The smallest absolute Gasteiger partial charge is 0.354 e. The molecule has 0 spiro atoms. The van der Waals surface area contributed by atoms with E-state index < -0.39 is 0 Å². The molecule has 1 heterocycles. The van der Waals surface area contributed by atoms with E-state index in [1.54, 1.807) is 6.07 Å². The summed E-state index contributed by atoms with van der Waals surface area (Å²) in [7, 11) is 1.39. The number of esters is 1. The summed E-state index contributed by atoms with van der Waals surface area (Å²) in [6.45, 7) is 5.21. The molecule has 1 rings (SSSR count). The number of carbonyl (C=O) groups excluding carboxylic acids is 1. The third-order valence-electron chi connectivity index (χ3n) is 3.31. The first kappa shape index (κ1) is 14.6. The van der Waals surface area contributed by atoms with Crippen molar-refractivity contribution in [2.75, 3.05) is 12.8 Å². The molecule has 1 unspecified atom stereocenters. The first-order valence-electron chi connectivity index (χ1n) is 6.66. The highest BCUT2D eigenvalue weighted by Crippen LogP contribution is 2.19. The van der Waals surface area contributed by atoms with Gasteiger partial charge in [-0.25, -0.2) is 4.79 Å². The summed E-state index contributed by atoms with van der Waals surface area (Å²) >= 11 is 0. The monoisotopic (exact) mass is 252 g/mol. The van der Waals surface area contributed by atoms with Crippen molar-refractivity contribution in [3.63, 3.8) is 0 Å². The Bertz CT molecular complexity index is 385. The molecule has 2 N–H and O–H groups in total. The Labute approximate surface area is 109 Å². The van der Waals surface area contributed by atoms with E-state index in [-0.39, 0.29) is 5.97 Å². The number of nitrogens with zero attached hydrogens (tertiary/aromatic N) is 1. The summed E-state index contributed by atoms with van der Waals surface area (Å²) in [5.41, 5.74) is 6.92. The molecule has 0 saturated heterocycles. The summed E-state index contributed by atoms with van der Waals surface area (Å²) in [6, 6.07) is 1.68. The van der Waals surface area contributed by atoms with Gasteiger partial charge >= 0.3 is 5.97 Å². The lowest BCUT2D eigenvalue weighted by Gasteiger charge is -2.16. The highest BCUT2D eigenvalue weighted by molar-refractivity contribution is 5.88. The number of anilines is 1. The largest absolute Gasteiger partial charge is 0.464 e. The number of aromatic nitrogens is 1. The van der Waals surface area contributed by atoms with Gasteiger partial charge in [0.25, 0.3) is 0 Å². The van der Waals surface area contributed by atoms with Crippen molar-refractivity contribution >= 4 is 11.7 Å². The number of ether oxygens (including phenoxy) is 1. The number of methoxy groups -OCH3 is 1. The SMILES string of the molecule is CCCCC(CC)Cn1cc(N)cc1C(=O)OC. The molecule has 1 atom stereocenters. The number of nitrogen functional groups attached to an aromatic ring is 1. The standard InChI is InChI=1S/C14H24N2O2/c1-4-6-7-11(5-2)9-16-10-12(15)8-13(16)14(17)18-3/h8,10-11H,4-7,9,15H2,1-3H3. The molecule has 0 aromatic carbocycles. The van der Waals surface area contributed by atoms with E-state index in [2.05, 4.69) is 13.8 Å². The van der Waals surface area contributed by atoms with E-state index >= 15 is 0 Å². The first-order valence-corrected chi connectivity index (χ1v) is 6.66. The van der Waals surface area contributed by atoms with Gasteiger partial charge in [-0.1, -0.05) is 33.1 Å². The fraction of sp³-hybridized carbons (Fsp3) is 0.643. The predicted octanol–water partition coefficient (Wildman–Crippen LogP) is 3.07. The van der Waals surface area contributed by atoms with E-state index in [0.29, 0.717) is 17.3 Å². The molecule has 1 aromatic heterocycles. The maximum absolute atomic E-state index is 11.6. The van der Waals surface area contributed by atoms with Crippen LogP contribution in [0.15, 0.2) is 12.3 Å². The summed E-state index contributed by atoms with van der Waals surface area (Å²) in [4.78, 5) is 11.6. The molecular formula is C14H24N2O2. The normalized spacial score (nSPS) is 12.4. The van der Waals surface area contributed by atoms with Crippen LogP contribution in [-0.4, -0.2) is 17.6 Å². The zero-order valence-electron chi connectivity index (χ0n) is 11.6. The topological polar surface area (TPSA) is 57.2 Å². The van der Waals surface area contributed by atoms with Crippen LogP contribution in [0.5, 0.6) is 0 Å². The van der Waals surface area contributed by atoms with Crippen LogP contribution in [0.4, 0.5) is 5.69 Å². The molecule has 0 saturated carbocycles. The average Bonchev–Trinajstić information content (AvgIpc) is 2.74. The Morgan fingerprint density at radius 1 is 1.50 bits per heavy atom. The molecule has 0 aliphatic carbocycles. The summed E-state index contributed by atoms with van der Waals surface area (Å²) in [6.07, 6.45) is 6.54. The number of hydrogen-bond donors (Lipinski definition) is 1. The summed E-state index contributed by atoms with van der Waals surface area (Å²) in [5.74, 6) is 0.261. The quantitative estimate of drug-likeness (QED) is 0.759. The number of nitrogens with two attached hydrogens (primary N) is 1. The minimum absolute atomic E-state index is 0.322. The second-order valence-corrected chi connectivity index (χ2v) is 4.72. The van der Waals surface area contributed by atoms with Gasteiger partial charge in [-0.3, -0.25) is 0 Å². The number of carbonyl (C=O) groups is 1. The van der Waals surface area contributed by atoms with Gasteiger partial charge in [-0.15, -0.1) is 0 Å². The molecule has 0 fully saturated rings. The predicted molar refractivity (Wildman–Crippen MR) is 73.5 cm³/mol. The lowest BCUT2D eigenvalue weighted by Crippen LogP contribution is -2.15. The summed E-state index contributed by atoms with van der Waals surface area (Å²) < 4.78 is 6.69. The average molecular weight is 252 g/mol. The Morgan fingerprint density at radius 3 is 2.78 bits per heavy atom.